The Balaban J connectivity index is 1.95. The van der Waals surface area contributed by atoms with Gasteiger partial charge in [-0.2, -0.15) is 18.2 Å². The molecule has 0 saturated heterocycles. The standard InChI is InChI=1S/C22H28F3N3O/c1-4-15(2)16-9-8-10-17(13-16)28(3)20-19(22(23,24)25)14-26-21(27-20)29-18-11-6-5-7-12-18/h8-10,13-15,18H,4-7,11-12H2,1-3H3. The number of benzene rings is 1. The van der Waals surface area contributed by atoms with E-state index in [-0.39, 0.29) is 17.9 Å². The molecule has 0 radical (unpaired) electrons. The molecular formula is C22H28F3N3O. The molecule has 1 heterocycles. The van der Waals surface area contributed by atoms with E-state index < -0.39 is 11.7 Å². The molecule has 1 aliphatic rings. The number of ether oxygens (including phenoxy) is 1. The van der Waals surface area contributed by atoms with Crippen LogP contribution in [0, 0.1) is 0 Å². The first-order chi connectivity index (χ1) is 13.8. The van der Waals surface area contributed by atoms with Gasteiger partial charge in [0.25, 0.3) is 0 Å². The van der Waals surface area contributed by atoms with Crippen LogP contribution in [0.3, 0.4) is 0 Å². The van der Waals surface area contributed by atoms with Gasteiger partial charge in [-0.1, -0.05) is 32.4 Å². The number of halogens is 3. The molecule has 1 aromatic carbocycles. The van der Waals surface area contributed by atoms with Crippen molar-refractivity contribution in [2.75, 3.05) is 11.9 Å². The second-order valence-corrected chi connectivity index (χ2v) is 7.73. The Morgan fingerprint density at radius 1 is 1.21 bits per heavy atom. The Labute approximate surface area is 170 Å². The second kappa shape index (κ2) is 9.01. The van der Waals surface area contributed by atoms with Crippen LogP contribution >= 0.6 is 0 Å². The fraction of sp³-hybridized carbons (Fsp3) is 0.545. The van der Waals surface area contributed by atoms with Crippen LogP contribution in [0.1, 0.15) is 69.4 Å². The molecule has 7 heteroatoms. The Hall–Kier alpha value is -2.31. The van der Waals surface area contributed by atoms with Gasteiger partial charge < -0.3 is 9.64 Å². The molecule has 0 N–H and O–H groups in total. The van der Waals surface area contributed by atoms with Crippen LogP contribution in [0.2, 0.25) is 0 Å². The highest BCUT2D eigenvalue weighted by Gasteiger charge is 2.37. The van der Waals surface area contributed by atoms with Crippen molar-refractivity contribution in [3.05, 3.63) is 41.6 Å². The average Bonchev–Trinajstić information content (AvgIpc) is 2.72. The van der Waals surface area contributed by atoms with E-state index >= 15 is 0 Å². The first kappa shape index (κ1) is 21.4. The molecule has 2 aromatic rings. The van der Waals surface area contributed by atoms with Gasteiger partial charge in [0, 0.05) is 18.9 Å². The van der Waals surface area contributed by atoms with Crippen molar-refractivity contribution in [1.29, 1.82) is 0 Å². The summed E-state index contributed by atoms with van der Waals surface area (Å²) in [6.45, 7) is 4.18. The Kier molecular flexibility index (Phi) is 6.65. The zero-order valence-corrected chi connectivity index (χ0v) is 17.2. The molecule has 29 heavy (non-hydrogen) atoms. The zero-order valence-electron chi connectivity index (χ0n) is 17.2. The maximum Gasteiger partial charge on any atom is 0.421 e. The minimum absolute atomic E-state index is 0.00447. The highest BCUT2D eigenvalue weighted by atomic mass is 19.4. The molecule has 1 atom stereocenters. The van der Waals surface area contributed by atoms with E-state index in [1.807, 2.05) is 18.2 Å². The average molecular weight is 407 g/mol. The van der Waals surface area contributed by atoms with E-state index in [0.717, 1.165) is 50.3 Å². The molecule has 158 valence electrons. The molecule has 0 aliphatic heterocycles. The smallest absolute Gasteiger partial charge is 0.421 e. The van der Waals surface area contributed by atoms with Crippen LogP contribution in [0.15, 0.2) is 30.5 Å². The minimum Gasteiger partial charge on any atom is -0.460 e. The van der Waals surface area contributed by atoms with Gasteiger partial charge in [-0.15, -0.1) is 0 Å². The molecule has 1 aromatic heterocycles. The normalized spacial score (nSPS) is 16.5. The summed E-state index contributed by atoms with van der Waals surface area (Å²) in [6.07, 6.45) is 2.23. The molecule has 3 rings (SSSR count). The van der Waals surface area contributed by atoms with E-state index in [2.05, 4.69) is 23.8 Å². The highest BCUT2D eigenvalue weighted by Crippen LogP contribution is 2.38. The predicted octanol–water partition coefficient (Wildman–Crippen LogP) is 6.49. The maximum absolute atomic E-state index is 13.6. The SMILES string of the molecule is CCC(C)c1cccc(N(C)c2nc(OC3CCCCC3)ncc2C(F)(F)F)c1. The van der Waals surface area contributed by atoms with Gasteiger partial charge in [0.15, 0.2) is 5.82 Å². The lowest BCUT2D eigenvalue weighted by molar-refractivity contribution is -0.137. The van der Waals surface area contributed by atoms with Gasteiger partial charge in [-0.3, -0.25) is 0 Å². The molecule has 1 saturated carbocycles. The molecule has 1 fully saturated rings. The molecule has 4 nitrogen and oxygen atoms in total. The lowest BCUT2D eigenvalue weighted by Gasteiger charge is -2.25. The third-order valence-corrected chi connectivity index (χ3v) is 5.63. The molecule has 1 unspecified atom stereocenters. The van der Waals surface area contributed by atoms with E-state index in [1.54, 1.807) is 13.1 Å². The van der Waals surface area contributed by atoms with Gasteiger partial charge in [0.2, 0.25) is 0 Å². The number of anilines is 2. The highest BCUT2D eigenvalue weighted by molar-refractivity contribution is 5.63. The van der Waals surface area contributed by atoms with Gasteiger partial charge in [-0.25, -0.2) is 4.98 Å². The van der Waals surface area contributed by atoms with Crippen LogP contribution in [-0.2, 0) is 6.18 Å². The second-order valence-electron chi connectivity index (χ2n) is 7.73. The van der Waals surface area contributed by atoms with E-state index in [0.29, 0.717) is 11.6 Å². The minimum atomic E-state index is -4.55. The third-order valence-electron chi connectivity index (χ3n) is 5.63. The number of rotatable bonds is 6. The summed E-state index contributed by atoms with van der Waals surface area (Å²) in [6, 6.07) is 7.56. The van der Waals surface area contributed by atoms with E-state index in [4.69, 9.17) is 4.74 Å². The first-order valence-electron chi connectivity index (χ1n) is 10.2. The summed E-state index contributed by atoms with van der Waals surface area (Å²) in [7, 11) is 1.59. The van der Waals surface area contributed by atoms with Crippen molar-refractivity contribution in [3.8, 4) is 6.01 Å². The summed E-state index contributed by atoms with van der Waals surface area (Å²) in [5, 5.41) is 0. The Bertz CT molecular complexity index is 819. The van der Waals surface area contributed by atoms with Crippen molar-refractivity contribution in [2.24, 2.45) is 0 Å². The van der Waals surface area contributed by atoms with Gasteiger partial charge in [0.05, 0.1) is 0 Å². The molecule has 0 bridgehead atoms. The van der Waals surface area contributed by atoms with Crippen molar-refractivity contribution in [3.63, 3.8) is 0 Å². The summed E-state index contributed by atoms with van der Waals surface area (Å²) >= 11 is 0. The largest absolute Gasteiger partial charge is 0.460 e. The van der Waals surface area contributed by atoms with Gasteiger partial charge in [0.1, 0.15) is 11.7 Å². The van der Waals surface area contributed by atoms with Crippen molar-refractivity contribution in [2.45, 2.75) is 70.6 Å². The lowest BCUT2D eigenvalue weighted by Crippen LogP contribution is -2.23. The van der Waals surface area contributed by atoms with Crippen molar-refractivity contribution >= 4 is 11.5 Å². The molecule has 1 aliphatic carbocycles. The number of aromatic nitrogens is 2. The van der Waals surface area contributed by atoms with Gasteiger partial charge in [-0.05, 0) is 55.7 Å². The van der Waals surface area contributed by atoms with E-state index in [9.17, 15) is 13.2 Å². The predicted molar refractivity (Wildman–Crippen MR) is 108 cm³/mol. The summed E-state index contributed by atoms with van der Waals surface area (Å²) in [4.78, 5) is 9.49. The van der Waals surface area contributed by atoms with E-state index in [1.165, 1.54) is 4.90 Å². The number of nitrogens with zero attached hydrogens (tertiary/aromatic N) is 3. The zero-order chi connectivity index (χ0) is 21.0. The topological polar surface area (TPSA) is 38.2 Å². The van der Waals surface area contributed by atoms with Crippen LogP contribution in [0.5, 0.6) is 6.01 Å². The summed E-state index contributed by atoms with van der Waals surface area (Å²) < 4.78 is 46.7. The fourth-order valence-corrected chi connectivity index (χ4v) is 3.60. The Morgan fingerprint density at radius 3 is 2.59 bits per heavy atom. The van der Waals surface area contributed by atoms with Gasteiger partial charge >= 0.3 is 12.2 Å². The monoisotopic (exact) mass is 407 g/mol. The number of hydrogen-bond acceptors (Lipinski definition) is 4. The number of alkyl halides is 3. The number of hydrogen-bond donors (Lipinski definition) is 0. The third kappa shape index (κ3) is 5.19. The molecule has 0 spiro atoms. The van der Waals surface area contributed by atoms with Crippen LogP contribution in [0.25, 0.3) is 0 Å². The van der Waals surface area contributed by atoms with Crippen LogP contribution < -0.4 is 9.64 Å². The fourth-order valence-electron chi connectivity index (χ4n) is 3.60. The molecular weight excluding hydrogens is 379 g/mol. The summed E-state index contributed by atoms with van der Waals surface area (Å²) in [5.74, 6) is 0.126. The quantitative estimate of drug-likeness (QED) is 0.549. The van der Waals surface area contributed by atoms with Crippen molar-refractivity contribution < 1.29 is 17.9 Å². The lowest BCUT2D eigenvalue weighted by atomic mass is 9.98. The molecule has 0 amide bonds. The van der Waals surface area contributed by atoms with Crippen LogP contribution in [-0.4, -0.2) is 23.1 Å². The summed E-state index contributed by atoms with van der Waals surface area (Å²) in [5.41, 5.74) is 0.860. The van der Waals surface area contributed by atoms with Crippen LogP contribution in [0.4, 0.5) is 24.7 Å². The first-order valence-corrected chi connectivity index (χ1v) is 10.2. The van der Waals surface area contributed by atoms with Crippen molar-refractivity contribution in [1.82, 2.24) is 9.97 Å². The maximum atomic E-state index is 13.6. The Morgan fingerprint density at radius 2 is 1.93 bits per heavy atom.